The topological polar surface area (TPSA) is 43.4 Å². The maximum Gasteiger partial charge on any atom is 0.178 e. The van der Waals surface area contributed by atoms with Crippen LogP contribution in [0.25, 0.3) is 0 Å². The lowest BCUT2D eigenvalue weighted by Gasteiger charge is -2.09. The number of halogens is 2. The average molecular weight is 330 g/mol. The third kappa shape index (κ3) is 3.45. The maximum absolute atomic E-state index is 11.7. The van der Waals surface area contributed by atoms with Crippen molar-refractivity contribution in [3.63, 3.8) is 0 Å². The minimum atomic E-state index is -3.28. The van der Waals surface area contributed by atoms with Crippen molar-refractivity contribution in [3.05, 3.63) is 52.5 Å². The number of benzene rings is 2. The molecule has 0 spiro atoms. The molecule has 0 aliphatic heterocycles. The standard InChI is InChI=1S/C14H11Cl2O3S/c1-2-20(17,18)12-6-7-14(13(16)9-12)19-11-5-3-4-10(15)8-11/h4-9H,2H2,1H3. The van der Waals surface area contributed by atoms with Crippen LogP contribution in [0.5, 0.6) is 11.5 Å². The van der Waals surface area contributed by atoms with Gasteiger partial charge in [-0.2, -0.15) is 0 Å². The minimum absolute atomic E-state index is 0.0206. The molecule has 0 N–H and O–H groups in total. The number of ether oxygens (including phenoxy) is 1. The molecule has 3 nitrogen and oxygen atoms in total. The lowest BCUT2D eigenvalue weighted by atomic mass is 10.3. The second-order valence-electron chi connectivity index (χ2n) is 3.98. The Labute approximate surface area is 128 Å². The molecule has 0 saturated carbocycles. The van der Waals surface area contributed by atoms with E-state index in [2.05, 4.69) is 6.07 Å². The molecule has 0 aliphatic carbocycles. The zero-order chi connectivity index (χ0) is 14.8. The molecule has 105 valence electrons. The molecule has 2 aromatic carbocycles. The highest BCUT2D eigenvalue weighted by molar-refractivity contribution is 7.91. The third-order valence-corrected chi connectivity index (χ3v) is 4.84. The lowest BCUT2D eigenvalue weighted by molar-refractivity contribution is 0.482. The minimum Gasteiger partial charge on any atom is -0.456 e. The van der Waals surface area contributed by atoms with Gasteiger partial charge < -0.3 is 4.74 Å². The van der Waals surface area contributed by atoms with Crippen LogP contribution in [-0.4, -0.2) is 14.2 Å². The van der Waals surface area contributed by atoms with Crippen LogP contribution in [0.4, 0.5) is 0 Å². The molecule has 0 fully saturated rings. The first-order valence-corrected chi connectivity index (χ1v) is 8.20. The quantitative estimate of drug-likeness (QED) is 0.835. The first-order chi connectivity index (χ1) is 9.42. The summed E-state index contributed by atoms with van der Waals surface area (Å²) in [7, 11) is -3.28. The van der Waals surface area contributed by atoms with Gasteiger partial charge in [-0.1, -0.05) is 30.1 Å². The molecule has 0 aromatic heterocycles. The van der Waals surface area contributed by atoms with Gasteiger partial charge in [0.15, 0.2) is 9.84 Å². The molecule has 0 atom stereocenters. The first kappa shape index (κ1) is 15.2. The van der Waals surface area contributed by atoms with Crippen molar-refractivity contribution in [2.75, 3.05) is 5.75 Å². The van der Waals surface area contributed by atoms with E-state index in [4.69, 9.17) is 27.9 Å². The lowest BCUT2D eigenvalue weighted by Crippen LogP contribution is -2.03. The molecule has 6 heteroatoms. The third-order valence-electron chi connectivity index (χ3n) is 2.60. The molecule has 0 saturated heterocycles. The molecule has 2 rings (SSSR count). The van der Waals surface area contributed by atoms with Crippen LogP contribution in [0.2, 0.25) is 10.0 Å². The molecule has 2 aromatic rings. The van der Waals surface area contributed by atoms with Gasteiger partial charge in [-0.15, -0.1) is 0 Å². The van der Waals surface area contributed by atoms with Gasteiger partial charge in [0.2, 0.25) is 0 Å². The van der Waals surface area contributed by atoms with Gasteiger partial charge in [0.25, 0.3) is 0 Å². The highest BCUT2D eigenvalue weighted by Crippen LogP contribution is 2.32. The van der Waals surface area contributed by atoms with Gasteiger partial charge in [0, 0.05) is 5.02 Å². The Hall–Kier alpha value is -1.23. The fraction of sp³-hybridized carbons (Fsp3) is 0.143. The molecule has 0 unspecified atom stereocenters. The van der Waals surface area contributed by atoms with Crippen molar-refractivity contribution in [2.24, 2.45) is 0 Å². The first-order valence-electron chi connectivity index (χ1n) is 5.79. The van der Waals surface area contributed by atoms with Crippen molar-refractivity contribution in [1.29, 1.82) is 0 Å². The van der Waals surface area contributed by atoms with Gasteiger partial charge in [-0.25, -0.2) is 8.42 Å². The second-order valence-corrected chi connectivity index (χ2v) is 7.11. The van der Waals surface area contributed by atoms with E-state index < -0.39 is 9.84 Å². The van der Waals surface area contributed by atoms with E-state index in [9.17, 15) is 8.42 Å². The Morgan fingerprint density at radius 2 is 1.95 bits per heavy atom. The molecular weight excluding hydrogens is 319 g/mol. The van der Waals surface area contributed by atoms with Crippen molar-refractivity contribution < 1.29 is 13.2 Å². The highest BCUT2D eigenvalue weighted by Gasteiger charge is 2.14. The zero-order valence-corrected chi connectivity index (χ0v) is 12.9. The maximum atomic E-state index is 11.7. The van der Waals surface area contributed by atoms with E-state index in [-0.39, 0.29) is 15.7 Å². The van der Waals surface area contributed by atoms with Gasteiger partial charge in [0.1, 0.15) is 11.5 Å². The van der Waals surface area contributed by atoms with Crippen molar-refractivity contribution in [1.82, 2.24) is 0 Å². The summed E-state index contributed by atoms with van der Waals surface area (Å²) in [6.07, 6.45) is 0. The number of sulfone groups is 1. The Morgan fingerprint density at radius 1 is 1.20 bits per heavy atom. The molecule has 0 heterocycles. The van der Waals surface area contributed by atoms with E-state index in [1.165, 1.54) is 18.2 Å². The van der Waals surface area contributed by atoms with Crippen LogP contribution >= 0.6 is 23.2 Å². The fourth-order valence-corrected chi connectivity index (χ4v) is 2.89. The summed E-state index contributed by atoms with van der Waals surface area (Å²) < 4.78 is 29.0. The summed E-state index contributed by atoms with van der Waals surface area (Å²) in [4.78, 5) is 0.176. The van der Waals surface area contributed by atoms with E-state index in [1.807, 2.05) is 0 Å². The van der Waals surface area contributed by atoms with Crippen LogP contribution in [0.1, 0.15) is 6.92 Å². The van der Waals surface area contributed by atoms with E-state index in [0.29, 0.717) is 16.5 Å². The van der Waals surface area contributed by atoms with Crippen molar-refractivity contribution in [3.8, 4) is 11.5 Å². The molecule has 1 radical (unpaired) electrons. The highest BCUT2D eigenvalue weighted by atomic mass is 35.5. The van der Waals surface area contributed by atoms with Crippen LogP contribution < -0.4 is 4.74 Å². The Kier molecular flexibility index (Phi) is 4.58. The SMILES string of the molecule is CCS(=O)(=O)c1ccc(Oc2c[c]cc(Cl)c2)c(Cl)c1. The van der Waals surface area contributed by atoms with Gasteiger partial charge in [-0.3, -0.25) is 0 Å². The number of hydrogen-bond acceptors (Lipinski definition) is 3. The Bertz CT molecular complexity index is 727. The summed E-state index contributed by atoms with van der Waals surface area (Å²) >= 11 is 11.9. The van der Waals surface area contributed by atoms with Crippen molar-refractivity contribution in [2.45, 2.75) is 11.8 Å². The van der Waals surface area contributed by atoms with Crippen LogP contribution in [0, 0.1) is 6.07 Å². The predicted molar refractivity (Wildman–Crippen MR) is 79.5 cm³/mol. The Morgan fingerprint density at radius 3 is 2.55 bits per heavy atom. The van der Waals surface area contributed by atoms with Gasteiger partial charge >= 0.3 is 0 Å². The average Bonchev–Trinajstić information content (AvgIpc) is 2.41. The molecule has 20 heavy (non-hydrogen) atoms. The second kappa shape index (κ2) is 6.04. The molecule has 0 aliphatic rings. The number of rotatable bonds is 4. The van der Waals surface area contributed by atoms with Gasteiger partial charge in [0.05, 0.1) is 15.7 Å². The molecule has 0 bridgehead atoms. The van der Waals surface area contributed by atoms with E-state index in [0.717, 1.165) is 0 Å². The normalized spacial score (nSPS) is 11.3. The fourth-order valence-electron chi connectivity index (χ4n) is 1.53. The summed E-state index contributed by atoms with van der Waals surface area (Å²) in [6.45, 7) is 1.58. The zero-order valence-electron chi connectivity index (χ0n) is 10.6. The smallest absolute Gasteiger partial charge is 0.178 e. The largest absolute Gasteiger partial charge is 0.456 e. The summed E-state index contributed by atoms with van der Waals surface area (Å²) in [5.41, 5.74) is 0. The molecular formula is C14H11Cl2O3S. The Balaban J connectivity index is 2.31. The molecule has 0 amide bonds. The van der Waals surface area contributed by atoms with Crippen LogP contribution in [0.15, 0.2) is 41.3 Å². The van der Waals surface area contributed by atoms with E-state index in [1.54, 1.807) is 25.1 Å². The monoisotopic (exact) mass is 329 g/mol. The van der Waals surface area contributed by atoms with Gasteiger partial charge in [-0.05, 0) is 42.5 Å². The summed E-state index contributed by atoms with van der Waals surface area (Å²) in [5, 5.41) is 0.711. The number of hydrogen-bond donors (Lipinski definition) is 0. The predicted octanol–water partition coefficient (Wildman–Crippen LogP) is 4.38. The summed E-state index contributed by atoms with van der Waals surface area (Å²) in [6, 6.07) is 12.0. The van der Waals surface area contributed by atoms with E-state index >= 15 is 0 Å². The summed E-state index contributed by atoms with van der Waals surface area (Å²) in [5.74, 6) is 0.857. The van der Waals surface area contributed by atoms with Crippen molar-refractivity contribution >= 4 is 33.0 Å². The van der Waals surface area contributed by atoms with Crippen LogP contribution in [-0.2, 0) is 9.84 Å². The van der Waals surface area contributed by atoms with Crippen LogP contribution in [0.3, 0.4) is 0 Å².